The topological polar surface area (TPSA) is 123 Å². The number of carbonyl (C=O) groups excluding carboxylic acids is 1. The first-order valence-corrected chi connectivity index (χ1v) is 10.2. The van der Waals surface area contributed by atoms with E-state index in [0.29, 0.717) is 38.9 Å². The molecule has 8 nitrogen and oxygen atoms in total. The van der Waals surface area contributed by atoms with Crippen molar-refractivity contribution in [1.29, 1.82) is 5.41 Å². The fourth-order valence-electron chi connectivity index (χ4n) is 4.05. The summed E-state index contributed by atoms with van der Waals surface area (Å²) in [6.07, 6.45) is 0.586. The summed E-state index contributed by atoms with van der Waals surface area (Å²) in [6, 6.07) is 13.6. The van der Waals surface area contributed by atoms with Crippen molar-refractivity contribution in [1.82, 2.24) is 15.1 Å². The minimum Gasteiger partial charge on any atom is -0.465 e. The van der Waals surface area contributed by atoms with Crippen LogP contribution in [0.5, 0.6) is 0 Å². The quantitative estimate of drug-likeness (QED) is 0.330. The fraction of sp³-hybridized carbons (Fsp3) is 0.409. The smallest absolute Gasteiger partial charge is 0.407 e. The molecule has 2 aromatic carbocycles. The van der Waals surface area contributed by atoms with E-state index in [4.69, 9.17) is 11.1 Å². The Labute approximate surface area is 176 Å². The van der Waals surface area contributed by atoms with Gasteiger partial charge in [-0.05, 0) is 36.1 Å². The van der Waals surface area contributed by atoms with Crippen molar-refractivity contribution in [3.8, 4) is 0 Å². The van der Waals surface area contributed by atoms with Gasteiger partial charge < -0.3 is 26.0 Å². The molecule has 2 aromatic rings. The lowest BCUT2D eigenvalue weighted by Gasteiger charge is -2.44. The molecule has 1 heterocycles. The summed E-state index contributed by atoms with van der Waals surface area (Å²) < 4.78 is 0. The molecule has 1 saturated heterocycles. The molecular weight excluding hydrogens is 382 g/mol. The third kappa shape index (κ3) is 5.20. The number of carboxylic acid groups (broad SMARTS) is 1. The number of rotatable bonds is 6. The molecule has 0 spiro atoms. The number of nitrogens with zero attached hydrogens (tertiary/aromatic N) is 2. The monoisotopic (exact) mass is 411 g/mol. The molecule has 1 aliphatic heterocycles. The van der Waals surface area contributed by atoms with Crippen LogP contribution in [0.4, 0.5) is 4.79 Å². The molecule has 1 aliphatic rings. The molecule has 160 valence electrons. The third-order valence-electron chi connectivity index (χ3n) is 5.61. The second-order valence-corrected chi connectivity index (χ2v) is 7.82. The van der Waals surface area contributed by atoms with Crippen LogP contribution in [0.1, 0.15) is 25.3 Å². The molecule has 0 bridgehead atoms. The van der Waals surface area contributed by atoms with E-state index >= 15 is 0 Å². The molecule has 2 amide bonds. The van der Waals surface area contributed by atoms with Gasteiger partial charge in [0, 0.05) is 25.7 Å². The van der Waals surface area contributed by atoms with Gasteiger partial charge in [0.25, 0.3) is 0 Å². The van der Waals surface area contributed by atoms with Crippen LogP contribution in [0.25, 0.3) is 10.8 Å². The van der Waals surface area contributed by atoms with Gasteiger partial charge in [-0.25, -0.2) is 4.79 Å². The van der Waals surface area contributed by atoms with Crippen LogP contribution in [-0.4, -0.2) is 64.6 Å². The summed E-state index contributed by atoms with van der Waals surface area (Å²) in [5.41, 5.74) is 6.24. The van der Waals surface area contributed by atoms with Crippen LogP contribution in [0.2, 0.25) is 0 Å². The van der Waals surface area contributed by atoms with E-state index in [9.17, 15) is 14.7 Å². The maximum Gasteiger partial charge on any atom is 0.407 e. The number of hydrogen-bond donors (Lipinski definition) is 4. The number of guanidine groups is 1. The maximum atomic E-state index is 13.1. The Kier molecular flexibility index (Phi) is 6.76. The normalized spacial score (nSPS) is 19.0. The summed E-state index contributed by atoms with van der Waals surface area (Å²) in [5, 5.41) is 21.8. The van der Waals surface area contributed by atoms with Crippen molar-refractivity contribution in [2.75, 3.05) is 19.6 Å². The molecule has 5 N–H and O–H groups in total. The van der Waals surface area contributed by atoms with Gasteiger partial charge in [0.1, 0.15) is 0 Å². The van der Waals surface area contributed by atoms with Gasteiger partial charge in [0.2, 0.25) is 5.91 Å². The average Bonchev–Trinajstić information content (AvgIpc) is 2.71. The Morgan fingerprint density at radius 3 is 2.60 bits per heavy atom. The van der Waals surface area contributed by atoms with E-state index in [0.717, 1.165) is 16.3 Å². The van der Waals surface area contributed by atoms with Crippen molar-refractivity contribution < 1.29 is 14.7 Å². The fourth-order valence-corrected chi connectivity index (χ4v) is 4.05. The number of benzene rings is 2. The lowest BCUT2D eigenvalue weighted by molar-refractivity contribution is -0.136. The van der Waals surface area contributed by atoms with Gasteiger partial charge >= 0.3 is 6.09 Å². The summed E-state index contributed by atoms with van der Waals surface area (Å²) in [5.74, 6) is -0.0933. The maximum absolute atomic E-state index is 13.1. The minimum atomic E-state index is -0.965. The number of hydrogen-bond acceptors (Lipinski definition) is 3. The molecule has 3 rings (SSSR count). The highest BCUT2D eigenvalue weighted by atomic mass is 16.4. The summed E-state index contributed by atoms with van der Waals surface area (Å²) in [6.45, 7) is 3.06. The van der Waals surface area contributed by atoms with E-state index < -0.39 is 6.09 Å². The van der Waals surface area contributed by atoms with Crippen LogP contribution in [0.15, 0.2) is 42.5 Å². The summed E-state index contributed by atoms with van der Waals surface area (Å²) >= 11 is 0. The first-order chi connectivity index (χ1) is 14.3. The Hall–Kier alpha value is -3.29. The highest BCUT2D eigenvalue weighted by molar-refractivity contribution is 5.85. The molecule has 1 fully saturated rings. The van der Waals surface area contributed by atoms with Crippen LogP contribution in [0.3, 0.4) is 0 Å². The van der Waals surface area contributed by atoms with Crippen LogP contribution >= 0.6 is 0 Å². The number of amides is 2. The first kappa shape index (κ1) is 21.4. The second kappa shape index (κ2) is 9.47. The zero-order valence-corrected chi connectivity index (χ0v) is 17.2. The number of nitrogens with one attached hydrogen (secondary N) is 2. The summed E-state index contributed by atoms with van der Waals surface area (Å²) in [7, 11) is 0. The van der Waals surface area contributed by atoms with Crippen molar-refractivity contribution in [2.45, 2.75) is 38.3 Å². The van der Waals surface area contributed by atoms with Crippen LogP contribution < -0.4 is 11.1 Å². The molecule has 2 atom stereocenters. The van der Waals surface area contributed by atoms with Crippen molar-refractivity contribution in [2.24, 2.45) is 5.73 Å². The Balaban J connectivity index is 1.67. The van der Waals surface area contributed by atoms with E-state index in [-0.39, 0.29) is 24.0 Å². The number of piperazine rings is 1. The van der Waals surface area contributed by atoms with Gasteiger partial charge in [0.05, 0.1) is 12.5 Å². The molecule has 0 aromatic heterocycles. The van der Waals surface area contributed by atoms with E-state index in [2.05, 4.69) is 5.32 Å². The van der Waals surface area contributed by atoms with E-state index in [1.54, 1.807) is 4.90 Å². The third-order valence-corrected chi connectivity index (χ3v) is 5.61. The molecule has 0 unspecified atom stereocenters. The molecule has 0 radical (unpaired) electrons. The number of fused-ring (bicyclic) bond motifs is 1. The average molecular weight is 412 g/mol. The molecule has 8 heteroatoms. The molecule has 0 aliphatic carbocycles. The van der Waals surface area contributed by atoms with Gasteiger partial charge in [0.15, 0.2) is 5.96 Å². The number of carbonyl (C=O) groups is 2. The van der Waals surface area contributed by atoms with Crippen LogP contribution in [-0.2, 0) is 11.2 Å². The van der Waals surface area contributed by atoms with Crippen molar-refractivity contribution in [3.05, 3.63) is 48.0 Å². The second-order valence-electron chi connectivity index (χ2n) is 7.82. The van der Waals surface area contributed by atoms with Gasteiger partial charge in [-0.2, -0.15) is 0 Å². The Morgan fingerprint density at radius 1 is 1.17 bits per heavy atom. The first-order valence-electron chi connectivity index (χ1n) is 10.2. The summed E-state index contributed by atoms with van der Waals surface area (Å²) in [4.78, 5) is 28.0. The highest BCUT2D eigenvalue weighted by Crippen LogP contribution is 2.21. The largest absolute Gasteiger partial charge is 0.465 e. The lowest BCUT2D eigenvalue weighted by Crippen LogP contribution is -2.60. The van der Waals surface area contributed by atoms with Gasteiger partial charge in [-0.15, -0.1) is 0 Å². The zero-order chi connectivity index (χ0) is 21.7. The van der Waals surface area contributed by atoms with Crippen molar-refractivity contribution >= 4 is 28.7 Å². The minimum absolute atomic E-state index is 0.00896. The van der Waals surface area contributed by atoms with Gasteiger partial charge in [-0.3, -0.25) is 10.2 Å². The van der Waals surface area contributed by atoms with Crippen molar-refractivity contribution in [3.63, 3.8) is 0 Å². The van der Waals surface area contributed by atoms with E-state index in [1.807, 2.05) is 49.4 Å². The number of nitrogens with two attached hydrogens (primary N) is 1. The molecular formula is C22H29N5O3. The molecule has 30 heavy (non-hydrogen) atoms. The predicted molar refractivity (Wildman–Crippen MR) is 116 cm³/mol. The van der Waals surface area contributed by atoms with Gasteiger partial charge in [-0.1, -0.05) is 42.5 Å². The highest BCUT2D eigenvalue weighted by Gasteiger charge is 2.36. The SMILES string of the molecule is C[C@@H]1CN(C(=O)O)[C@@H](CCCNC(=N)N)CN1C(=O)Cc1ccc2ccccc2c1. The standard InChI is InChI=1S/C22H29N5O3/c1-15-13-27(22(29)30)19(7-4-10-25-21(23)24)14-26(15)20(28)12-16-8-9-17-5-2-3-6-18(17)11-16/h2-3,5-6,8-9,11,15,19H,4,7,10,12-14H2,1H3,(H,29,30)(H4,23,24,25)/t15-,19+/m1/s1. The lowest BCUT2D eigenvalue weighted by atomic mass is 10.0. The zero-order valence-electron chi connectivity index (χ0n) is 17.2. The van der Waals surface area contributed by atoms with Crippen LogP contribution in [0, 0.1) is 5.41 Å². The Morgan fingerprint density at radius 2 is 1.90 bits per heavy atom. The Bertz CT molecular complexity index is 932. The predicted octanol–water partition coefficient (Wildman–Crippen LogP) is 2.22. The molecule has 0 saturated carbocycles. The van der Waals surface area contributed by atoms with E-state index in [1.165, 1.54) is 4.90 Å².